The maximum atomic E-state index is 5.86. The molecular formula is C28H42N2O2. The van der Waals surface area contributed by atoms with Crippen LogP contribution in [0.25, 0.3) is 11.4 Å². The van der Waals surface area contributed by atoms with E-state index in [2.05, 4.69) is 36.0 Å². The van der Waals surface area contributed by atoms with E-state index in [1.807, 2.05) is 24.3 Å². The summed E-state index contributed by atoms with van der Waals surface area (Å²) in [4.78, 5) is 8.91. The van der Waals surface area contributed by atoms with E-state index in [0.29, 0.717) is 5.82 Å². The highest BCUT2D eigenvalue weighted by atomic mass is 16.5. The van der Waals surface area contributed by atoms with Crippen LogP contribution in [-0.4, -0.2) is 23.2 Å². The van der Waals surface area contributed by atoms with Crippen LogP contribution in [0.3, 0.4) is 0 Å². The van der Waals surface area contributed by atoms with Gasteiger partial charge in [-0.25, -0.2) is 9.97 Å². The van der Waals surface area contributed by atoms with Gasteiger partial charge in [-0.1, -0.05) is 70.9 Å². The van der Waals surface area contributed by atoms with Gasteiger partial charge in [-0.2, -0.15) is 0 Å². The third-order valence-electron chi connectivity index (χ3n) is 5.43. The Labute approximate surface area is 195 Å². The molecule has 32 heavy (non-hydrogen) atoms. The minimum atomic E-state index is 0.707. The molecule has 0 aliphatic heterocycles. The van der Waals surface area contributed by atoms with E-state index in [-0.39, 0.29) is 0 Å². The average Bonchev–Trinajstić information content (AvgIpc) is 2.83. The highest BCUT2D eigenvalue weighted by molar-refractivity contribution is 5.56. The summed E-state index contributed by atoms with van der Waals surface area (Å²) in [5.41, 5.74) is 0.983. The molecule has 0 aliphatic carbocycles. The van der Waals surface area contributed by atoms with Crippen molar-refractivity contribution in [3.05, 3.63) is 48.8 Å². The second kappa shape index (κ2) is 17.2. The maximum Gasteiger partial charge on any atom is 0.159 e. The van der Waals surface area contributed by atoms with E-state index in [4.69, 9.17) is 9.47 Å². The standard InChI is InChI=1S/C28H42N2O2/c1-3-5-7-9-11-12-14-15-21-31-26-19-17-25(18-20-26)28-29-23-27(24-30-28)32-22-16-13-10-8-6-4-2/h9,11,17-20,23-24H,3-8,10,12-16,21-22H2,1-2H3/b11-9+. The molecule has 0 saturated heterocycles. The van der Waals surface area contributed by atoms with E-state index in [1.165, 1.54) is 57.8 Å². The van der Waals surface area contributed by atoms with Gasteiger partial charge in [0.15, 0.2) is 11.6 Å². The SMILES string of the molecule is CCCC/C=C/CCCCOc1ccc(-c2ncc(OCCCCCCCC)cn2)cc1. The number of aromatic nitrogens is 2. The lowest BCUT2D eigenvalue weighted by atomic mass is 10.1. The number of nitrogens with zero attached hydrogens (tertiary/aromatic N) is 2. The lowest BCUT2D eigenvalue weighted by molar-refractivity contribution is 0.302. The summed E-state index contributed by atoms with van der Waals surface area (Å²) in [5, 5.41) is 0. The van der Waals surface area contributed by atoms with Crippen molar-refractivity contribution in [1.29, 1.82) is 0 Å². The third kappa shape index (κ3) is 11.3. The highest BCUT2D eigenvalue weighted by Gasteiger charge is 2.03. The number of hydrogen-bond donors (Lipinski definition) is 0. The summed E-state index contributed by atoms with van der Waals surface area (Å²) < 4.78 is 11.6. The minimum absolute atomic E-state index is 0.707. The van der Waals surface area contributed by atoms with Gasteiger partial charge in [-0.15, -0.1) is 0 Å². The molecule has 0 unspecified atom stereocenters. The van der Waals surface area contributed by atoms with Crippen LogP contribution in [0.1, 0.15) is 90.9 Å². The first-order chi connectivity index (χ1) is 15.8. The summed E-state index contributed by atoms with van der Waals surface area (Å²) in [6, 6.07) is 8.01. The number of ether oxygens (including phenoxy) is 2. The van der Waals surface area contributed by atoms with E-state index in [1.54, 1.807) is 12.4 Å². The molecule has 2 rings (SSSR count). The number of hydrogen-bond acceptors (Lipinski definition) is 4. The van der Waals surface area contributed by atoms with E-state index < -0.39 is 0 Å². The second-order valence-electron chi connectivity index (χ2n) is 8.34. The van der Waals surface area contributed by atoms with Crippen molar-refractivity contribution in [2.45, 2.75) is 90.9 Å². The van der Waals surface area contributed by atoms with Crippen molar-refractivity contribution in [1.82, 2.24) is 9.97 Å². The molecule has 1 aromatic carbocycles. The first-order valence-electron chi connectivity index (χ1n) is 12.7. The Hall–Kier alpha value is -2.36. The molecule has 1 aromatic heterocycles. The molecule has 0 aliphatic rings. The molecule has 0 N–H and O–H groups in total. The number of unbranched alkanes of at least 4 members (excludes halogenated alkanes) is 9. The topological polar surface area (TPSA) is 44.2 Å². The zero-order valence-corrected chi connectivity index (χ0v) is 20.2. The summed E-state index contributed by atoms with van der Waals surface area (Å²) in [5.74, 6) is 2.34. The minimum Gasteiger partial charge on any atom is -0.494 e. The van der Waals surface area contributed by atoms with Crippen molar-refractivity contribution in [3.8, 4) is 22.9 Å². The van der Waals surface area contributed by atoms with Crippen molar-refractivity contribution >= 4 is 0 Å². The lowest BCUT2D eigenvalue weighted by Crippen LogP contribution is -1.99. The molecule has 0 bridgehead atoms. The van der Waals surface area contributed by atoms with Crippen molar-refractivity contribution in [2.75, 3.05) is 13.2 Å². The van der Waals surface area contributed by atoms with Crippen LogP contribution in [0.2, 0.25) is 0 Å². The predicted octanol–water partition coefficient (Wildman–Crippen LogP) is 8.18. The van der Waals surface area contributed by atoms with Gasteiger partial charge in [0.05, 0.1) is 25.6 Å². The molecule has 4 nitrogen and oxygen atoms in total. The van der Waals surface area contributed by atoms with Gasteiger partial charge < -0.3 is 9.47 Å². The van der Waals surface area contributed by atoms with E-state index >= 15 is 0 Å². The van der Waals surface area contributed by atoms with Crippen molar-refractivity contribution in [3.63, 3.8) is 0 Å². The summed E-state index contributed by atoms with van der Waals surface area (Å²) in [7, 11) is 0. The van der Waals surface area contributed by atoms with Gasteiger partial charge in [-0.05, 0) is 56.4 Å². The molecule has 2 aromatic rings. The van der Waals surface area contributed by atoms with Gasteiger partial charge in [0, 0.05) is 5.56 Å². The third-order valence-corrected chi connectivity index (χ3v) is 5.43. The van der Waals surface area contributed by atoms with Gasteiger partial charge >= 0.3 is 0 Å². The van der Waals surface area contributed by atoms with Crippen LogP contribution in [-0.2, 0) is 0 Å². The van der Waals surface area contributed by atoms with E-state index in [0.717, 1.165) is 49.5 Å². The molecule has 0 fully saturated rings. The molecule has 0 saturated carbocycles. The largest absolute Gasteiger partial charge is 0.494 e. The van der Waals surface area contributed by atoms with Crippen molar-refractivity contribution < 1.29 is 9.47 Å². The van der Waals surface area contributed by atoms with E-state index in [9.17, 15) is 0 Å². The van der Waals surface area contributed by atoms with Crippen LogP contribution in [0.15, 0.2) is 48.8 Å². The normalized spacial score (nSPS) is 11.2. The molecule has 4 heteroatoms. The highest BCUT2D eigenvalue weighted by Crippen LogP contribution is 2.21. The molecule has 0 spiro atoms. The summed E-state index contributed by atoms with van der Waals surface area (Å²) in [6.45, 7) is 5.96. The Bertz CT molecular complexity index is 726. The predicted molar refractivity (Wildman–Crippen MR) is 134 cm³/mol. The Morgan fingerprint density at radius 1 is 0.625 bits per heavy atom. The number of allylic oxidation sites excluding steroid dienone is 2. The monoisotopic (exact) mass is 438 g/mol. The lowest BCUT2D eigenvalue weighted by Gasteiger charge is -2.08. The van der Waals surface area contributed by atoms with Crippen LogP contribution < -0.4 is 9.47 Å². The molecule has 0 atom stereocenters. The molecule has 176 valence electrons. The Morgan fingerprint density at radius 2 is 1.19 bits per heavy atom. The van der Waals surface area contributed by atoms with Gasteiger partial charge in [0.25, 0.3) is 0 Å². The Kier molecular flexibility index (Phi) is 13.9. The summed E-state index contributed by atoms with van der Waals surface area (Å²) in [6.07, 6.45) is 22.8. The van der Waals surface area contributed by atoms with Crippen LogP contribution in [0.4, 0.5) is 0 Å². The molecular weight excluding hydrogens is 396 g/mol. The fraction of sp³-hybridized carbons (Fsp3) is 0.571. The van der Waals surface area contributed by atoms with Gasteiger partial charge in [0.2, 0.25) is 0 Å². The van der Waals surface area contributed by atoms with Crippen LogP contribution in [0.5, 0.6) is 11.5 Å². The Morgan fingerprint density at radius 3 is 1.88 bits per heavy atom. The maximum absolute atomic E-state index is 5.86. The molecule has 0 amide bonds. The first-order valence-corrected chi connectivity index (χ1v) is 12.7. The zero-order valence-electron chi connectivity index (χ0n) is 20.2. The fourth-order valence-corrected chi connectivity index (χ4v) is 3.42. The smallest absolute Gasteiger partial charge is 0.159 e. The van der Waals surface area contributed by atoms with Gasteiger partial charge in [0.1, 0.15) is 5.75 Å². The average molecular weight is 439 g/mol. The molecule has 0 radical (unpaired) electrons. The number of benzene rings is 1. The second-order valence-corrected chi connectivity index (χ2v) is 8.34. The first kappa shape index (κ1) is 25.9. The Balaban J connectivity index is 1.63. The van der Waals surface area contributed by atoms with Crippen molar-refractivity contribution in [2.24, 2.45) is 0 Å². The van der Waals surface area contributed by atoms with Crippen LogP contribution >= 0.6 is 0 Å². The van der Waals surface area contributed by atoms with Gasteiger partial charge in [-0.3, -0.25) is 0 Å². The zero-order chi connectivity index (χ0) is 22.7. The summed E-state index contributed by atoms with van der Waals surface area (Å²) >= 11 is 0. The number of rotatable bonds is 18. The molecule has 1 heterocycles. The van der Waals surface area contributed by atoms with Crippen LogP contribution in [0, 0.1) is 0 Å². The fourth-order valence-electron chi connectivity index (χ4n) is 3.42. The quantitative estimate of drug-likeness (QED) is 0.174.